The second-order valence-corrected chi connectivity index (χ2v) is 3.38. The van der Waals surface area contributed by atoms with Crippen LogP contribution in [0.4, 0.5) is 0 Å². The molecule has 15 heavy (non-hydrogen) atoms. The first-order valence-corrected chi connectivity index (χ1v) is 4.94. The molecule has 0 aliphatic heterocycles. The molecular formula is C11H11ClO3. The van der Waals surface area contributed by atoms with E-state index in [1.165, 1.54) is 6.07 Å². The lowest BCUT2D eigenvalue weighted by Crippen LogP contribution is -2.09. The number of halogens is 1. The van der Waals surface area contributed by atoms with Crippen LogP contribution in [0.15, 0.2) is 18.2 Å². The van der Waals surface area contributed by atoms with Crippen LogP contribution < -0.4 is 0 Å². The second kappa shape index (κ2) is 5.51. The van der Waals surface area contributed by atoms with Crippen LogP contribution in [0.3, 0.4) is 0 Å². The second-order valence-electron chi connectivity index (χ2n) is 2.94. The SMILES string of the molecule is CCOC(=O)Cc1ccc(Cl)cc1C=O. The van der Waals surface area contributed by atoms with Crippen molar-refractivity contribution in [2.24, 2.45) is 0 Å². The maximum Gasteiger partial charge on any atom is 0.310 e. The fraction of sp³-hybridized carbons (Fsp3) is 0.273. The van der Waals surface area contributed by atoms with E-state index in [0.717, 1.165) is 0 Å². The van der Waals surface area contributed by atoms with E-state index in [1.807, 2.05) is 0 Å². The maximum absolute atomic E-state index is 11.2. The lowest BCUT2D eigenvalue weighted by molar-refractivity contribution is -0.142. The van der Waals surface area contributed by atoms with E-state index >= 15 is 0 Å². The highest BCUT2D eigenvalue weighted by Gasteiger charge is 2.08. The summed E-state index contributed by atoms with van der Waals surface area (Å²) in [5.41, 5.74) is 1.06. The van der Waals surface area contributed by atoms with Gasteiger partial charge in [0, 0.05) is 10.6 Å². The summed E-state index contributed by atoms with van der Waals surface area (Å²) in [6.07, 6.45) is 0.777. The molecule has 0 saturated heterocycles. The Morgan fingerprint density at radius 3 is 2.87 bits per heavy atom. The molecule has 0 aliphatic carbocycles. The zero-order valence-corrected chi connectivity index (χ0v) is 9.08. The van der Waals surface area contributed by atoms with Crippen molar-refractivity contribution in [1.82, 2.24) is 0 Å². The highest BCUT2D eigenvalue weighted by Crippen LogP contribution is 2.15. The number of carbonyl (C=O) groups excluding carboxylic acids is 2. The van der Waals surface area contributed by atoms with E-state index in [1.54, 1.807) is 19.1 Å². The fourth-order valence-electron chi connectivity index (χ4n) is 1.20. The molecule has 4 heteroatoms. The normalized spacial score (nSPS) is 9.73. The molecule has 0 radical (unpaired) electrons. The Morgan fingerprint density at radius 2 is 2.27 bits per heavy atom. The predicted octanol–water partition coefficient (Wildman–Crippen LogP) is 2.26. The molecule has 0 aromatic heterocycles. The van der Waals surface area contributed by atoms with Gasteiger partial charge in [0.2, 0.25) is 0 Å². The van der Waals surface area contributed by atoms with Gasteiger partial charge in [0.25, 0.3) is 0 Å². The Labute approximate surface area is 93.0 Å². The molecule has 1 rings (SSSR count). The quantitative estimate of drug-likeness (QED) is 0.584. The highest BCUT2D eigenvalue weighted by atomic mass is 35.5. The van der Waals surface area contributed by atoms with Gasteiger partial charge < -0.3 is 4.74 Å². The average molecular weight is 227 g/mol. The molecule has 0 N–H and O–H groups in total. The van der Waals surface area contributed by atoms with Gasteiger partial charge in [-0.05, 0) is 24.6 Å². The highest BCUT2D eigenvalue weighted by molar-refractivity contribution is 6.30. The van der Waals surface area contributed by atoms with E-state index < -0.39 is 0 Å². The van der Waals surface area contributed by atoms with Crippen molar-refractivity contribution in [3.05, 3.63) is 34.3 Å². The number of hydrogen-bond donors (Lipinski definition) is 0. The summed E-state index contributed by atoms with van der Waals surface area (Å²) in [6, 6.07) is 4.83. The Morgan fingerprint density at radius 1 is 1.53 bits per heavy atom. The van der Waals surface area contributed by atoms with Crippen LogP contribution in [0.5, 0.6) is 0 Å². The minimum Gasteiger partial charge on any atom is -0.466 e. The number of benzene rings is 1. The lowest BCUT2D eigenvalue weighted by atomic mass is 10.1. The summed E-state index contributed by atoms with van der Waals surface area (Å²) in [6.45, 7) is 2.07. The van der Waals surface area contributed by atoms with Crippen molar-refractivity contribution in [3.8, 4) is 0 Å². The maximum atomic E-state index is 11.2. The minimum absolute atomic E-state index is 0.0963. The first-order valence-electron chi connectivity index (χ1n) is 4.56. The van der Waals surface area contributed by atoms with Crippen molar-refractivity contribution >= 4 is 23.9 Å². The zero-order valence-electron chi connectivity index (χ0n) is 8.33. The monoisotopic (exact) mass is 226 g/mol. The van der Waals surface area contributed by atoms with Gasteiger partial charge in [-0.2, -0.15) is 0 Å². The standard InChI is InChI=1S/C11H11ClO3/c1-2-15-11(14)6-8-3-4-10(12)5-9(8)7-13/h3-5,7H,2,6H2,1H3. The molecule has 0 atom stereocenters. The number of ether oxygens (including phenoxy) is 1. The van der Waals surface area contributed by atoms with Gasteiger partial charge in [0.05, 0.1) is 13.0 Å². The number of aldehydes is 1. The number of esters is 1. The molecule has 0 amide bonds. The predicted molar refractivity (Wildman–Crippen MR) is 57.2 cm³/mol. The summed E-state index contributed by atoms with van der Waals surface area (Å²) < 4.78 is 4.79. The third-order valence-corrected chi connectivity index (χ3v) is 2.11. The summed E-state index contributed by atoms with van der Waals surface area (Å²) in [5, 5.41) is 0.477. The Balaban J connectivity index is 2.84. The van der Waals surface area contributed by atoms with E-state index in [-0.39, 0.29) is 12.4 Å². The summed E-state index contributed by atoms with van der Waals surface area (Å²) in [7, 11) is 0. The van der Waals surface area contributed by atoms with Crippen LogP contribution in [-0.4, -0.2) is 18.9 Å². The van der Waals surface area contributed by atoms with E-state index in [0.29, 0.717) is 29.0 Å². The average Bonchev–Trinajstić information content (AvgIpc) is 2.21. The summed E-state index contributed by atoms with van der Waals surface area (Å²) in [4.78, 5) is 21.9. The molecule has 0 saturated carbocycles. The molecule has 80 valence electrons. The Hall–Kier alpha value is -1.35. The molecular weight excluding hydrogens is 216 g/mol. The summed E-state index contributed by atoms with van der Waals surface area (Å²) in [5.74, 6) is -0.345. The molecule has 0 bridgehead atoms. The van der Waals surface area contributed by atoms with E-state index in [4.69, 9.17) is 16.3 Å². The van der Waals surface area contributed by atoms with Crippen molar-refractivity contribution in [3.63, 3.8) is 0 Å². The van der Waals surface area contributed by atoms with Crippen LogP contribution in [0.1, 0.15) is 22.8 Å². The number of hydrogen-bond acceptors (Lipinski definition) is 3. The van der Waals surface area contributed by atoms with Crippen molar-refractivity contribution in [1.29, 1.82) is 0 Å². The third kappa shape index (κ3) is 3.36. The van der Waals surface area contributed by atoms with Crippen molar-refractivity contribution in [2.75, 3.05) is 6.61 Å². The molecule has 0 heterocycles. The molecule has 0 fully saturated rings. The van der Waals surface area contributed by atoms with Gasteiger partial charge in [0.15, 0.2) is 0 Å². The van der Waals surface area contributed by atoms with Gasteiger partial charge in [0.1, 0.15) is 6.29 Å². The summed E-state index contributed by atoms with van der Waals surface area (Å²) >= 11 is 5.72. The van der Waals surface area contributed by atoms with E-state index in [9.17, 15) is 9.59 Å². The molecule has 1 aromatic carbocycles. The topological polar surface area (TPSA) is 43.4 Å². The van der Waals surface area contributed by atoms with Crippen LogP contribution in [0, 0.1) is 0 Å². The van der Waals surface area contributed by atoms with Gasteiger partial charge in [-0.15, -0.1) is 0 Å². The van der Waals surface area contributed by atoms with Gasteiger partial charge in [-0.3, -0.25) is 9.59 Å². The lowest BCUT2D eigenvalue weighted by Gasteiger charge is -2.04. The number of carbonyl (C=O) groups is 2. The largest absolute Gasteiger partial charge is 0.466 e. The molecule has 1 aromatic rings. The zero-order chi connectivity index (χ0) is 11.3. The van der Waals surface area contributed by atoms with E-state index in [2.05, 4.69) is 0 Å². The molecule has 0 spiro atoms. The van der Waals surface area contributed by atoms with Crippen LogP contribution in [-0.2, 0) is 16.0 Å². The Kier molecular flexibility index (Phi) is 4.31. The van der Waals surface area contributed by atoms with Gasteiger partial charge in [-0.1, -0.05) is 17.7 Å². The van der Waals surface area contributed by atoms with Crippen LogP contribution in [0.25, 0.3) is 0 Å². The number of rotatable bonds is 4. The van der Waals surface area contributed by atoms with Crippen molar-refractivity contribution in [2.45, 2.75) is 13.3 Å². The van der Waals surface area contributed by atoms with Gasteiger partial charge in [-0.25, -0.2) is 0 Å². The van der Waals surface area contributed by atoms with Crippen LogP contribution >= 0.6 is 11.6 Å². The fourth-order valence-corrected chi connectivity index (χ4v) is 1.38. The smallest absolute Gasteiger partial charge is 0.310 e. The molecule has 3 nitrogen and oxygen atoms in total. The molecule has 0 aliphatic rings. The minimum atomic E-state index is -0.345. The van der Waals surface area contributed by atoms with Crippen LogP contribution in [0.2, 0.25) is 5.02 Å². The molecule has 0 unspecified atom stereocenters. The first kappa shape index (κ1) is 11.7. The first-order chi connectivity index (χ1) is 7.17. The van der Waals surface area contributed by atoms with Crippen molar-refractivity contribution < 1.29 is 14.3 Å². The third-order valence-electron chi connectivity index (χ3n) is 1.87. The van der Waals surface area contributed by atoms with Gasteiger partial charge >= 0.3 is 5.97 Å². The Bertz CT molecular complexity index is 374.